The fourth-order valence-electron chi connectivity index (χ4n) is 0.510. The van der Waals surface area contributed by atoms with Crippen LogP contribution in [0.5, 0.6) is 0 Å². The Balaban J connectivity index is 3.06. The molecule has 1 rings (SSSR count). The Morgan fingerprint density at radius 3 is 1.50 bits per heavy atom. The molecule has 0 spiro atoms. The van der Waals surface area contributed by atoms with Gasteiger partial charge in [-0.15, -0.1) is 0 Å². The molecule has 0 bridgehead atoms. The molecule has 10 heavy (non-hydrogen) atoms. The predicted octanol–water partition coefficient (Wildman–Crippen LogP) is 1.38. The van der Waals surface area contributed by atoms with Crippen LogP contribution in [0.3, 0.4) is 0 Å². The summed E-state index contributed by atoms with van der Waals surface area (Å²) in [6.45, 7) is 0. The summed E-state index contributed by atoms with van der Waals surface area (Å²) in [7, 11) is 0. The Morgan fingerprint density at radius 1 is 0.900 bits per heavy atom. The highest BCUT2D eigenvalue weighted by atomic mass is 35.5. The fraction of sp³-hybridized carbons (Fsp3) is 0. The van der Waals surface area contributed by atoms with Gasteiger partial charge in [-0.1, -0.05) is 23.2 Å². The third kappa shape index (κ3) is 1.28. The van der Waals surface area contributed by atoms with Crippen molar-refractivity contribution in [3.05, 3.63) is 22.2 Å². The average molecular weight is 177 g/mol. The van der Waals surface area contributed by atoms with Crippen molar-refractivity contribution in [1.82, 2.24) is 0 Å². The molecule has 0 saturated carbocycles. The minimum Gasteiger partial charge on any atom is -0.286 e. The smallest absolute Gasteiger partial charge is 0.227 e. The summed E-state index contributed by atoms with van der Waals surface area (Å²) in [6.07, 6.45) is 2.01. The lowest BCUT2D eigenvalue weighted by Crippen LogP contribution is -2.11. The third-order valence-electron chi connectivity index (χ3n) is 0.987. The van der Waals surface area contributed by atoms with E-state index in [1.54, 1.807) is 0 Å². The highest BCUT2D eigenvalue weighted by molar-refractivity contribution is 6.55. The van der Waals surface area contributed by atoms with Crippen LogP contribution >= 0.6 is 23.2 Å². The van der Waals surface area contributed by atoms with Gasteiger partial charge in [-0.25, -0.2) is 0 Å². The fourth-order valence-corrected chi connectivity index (χ4v) is 0.818. The Hall–Kier alpha value is -0.600. The molecule has 2 nitrogen and oxygen atoms in total. The van der Waals surface area contributed by atoms with E-state index in [1.807, 2.05) is 0 Å². The van der Waals surface area contributed by atoms with Crippen LogP contribution in [0.2, 0.25) is 0 Å². The number of hydrogen-bond acceptors (Lipinski definition) is 2. The van der Waals surface area contributed by atoms with Crippen LogP contribution in [0, 0.1) is 0 Å². The monoisotopic (exact) mass is 176 g/mol. The van der Waals surface area contributed by atoms with Crippen LogP contribution in [0.4, 0.5) is 0 Å². The standard InChI is InChI=1S/C6H2Cl2O2/c7-3-1-5(9)6(10)2-4(3)8/h1-2H. The van der Waals surface area contributed by atoms with Gasteiger partial charge >= 0.3 is 0 Å². The van der Waals surface area contributed by atoms with Crippen molar-refractivity contribution in [3.8, 4) is 0 Å². The first-order chi connectivity index (χ1) is 4.61. The summed E-state index contributed by atoms with van der Waals surface area (Å²) in [5, 5.41) is 0.234. The Morgan fingerprint density at radius 2 is 1.20 bits per heavy atom. The number of hydrogen-bond donors (Lipinski definition) is 0. The molecule has 0 atom stereocenters. The number of carbonyl (C=O) groups is 2. The van der Waals surface area contributed by atoms with E-state index in [1.165, 1.54) is 0 Å². The van der Waals surface area contributed by atoms with E-state index in [2.05, 4.69) is 0 Å². The predicted molar refractivity (Wildman–Crippen MR) is 37.9 cm³/mol. The molecular formula is C6H2Cl2O2. The molecule has 0 aliphatic heterocycles. The summed E-state index contributed by atoms with van der Waals surface area (Å²) in [5.41, 5.74) is 0. The molecule has 1 aliphatic rings. The van der Waals surface area contributed by atoms with Crippen LogP contribution in [0.1, 0.15) is 0 Å². The van der Waals surface area contributed by atoms with Gasteiger partial charge < -0.3 is 0 Å². The van der Waals surface area contributed by atoms with Crippen LogP contribution in [-0.4, -0.2) is 11.6 Å². The molecule has 52 valence electrons. The van der Waals surface area contributed by atoms with Gasteiger partial charge in [0.15, 0.2) is 0 Å². The zero-order valence-corrected chi connectivity index (χ0v) is 6.24. The maximum Gasteiger partial charge on any atom is 0.227 e. The number of allylic oxidation sites excluding steroid dienone is 4. The second-order valence-corrected chi connectivity index (χ2v) is 2.53. The van der Waals surface area contributed by atoms with Crippen LogP contribution in [0.15, 0.2) is 22.2 Å². The van der Waals surface area contributed by atoms with Gasteiger partial charge in [-0.05, 0) is 0 Å². The summed E-state index contributed by atoms with van der Waals surface area (Å²) in [5.74, 6) is -1.26. The van der Waals surface area contributed by atoms with Gasteiger partial charge in [-0.2, -0.15) is 0 Å². The zero-order valence-electron chi connectivity index (χ0n) is 4.73. The highest BCUT2D eigenvalue weighted by Crippen LogP contribution is 2.21. The van der Waals surface area contributed by atoms with Crippen molar-refractivity contribution < 1.29 is 9.59 Å². The number of halogens is 2. The van der Waals surface area contributed by atoms with Crippen molar-refractivity contribution in [1.29, 1.82) is 0 Å². The molecule has 0 saturated heterocycles. The second-order valence-electron chi connectivity index (χ2n) is 1.71. The summed E-state index contributed by atoms with van der Waals surface area (Å²) in [4.78, 5) is 21.1. The lowest BCUT2D eigenvalue weighted by Gasteiger charge is -1.99. The largest absolute Gasteiger partial charge is 0.286 e. The SMILES string of the molecule is O=C1C=C(Cl)C(Cl)=CC1=O. The Bertz CT molecular complexity index is 235. The molecule has 0 aromatic carbocycles. The van der Waals surface area contributed by atoms with Gasteiger partial charge in [0.05, 0.1) is 10.1 Å². The Kier molecular flexibility index (Phi) is 1.92. The first-order valence-electron chi connectivity index (χ1n) is 2.44. The van der Waals surface area contributed by atoms with Crippen LogP contribution < -0.4 is 0 Å². The summed E-state index contributed by atoms with van der Waals surface area (Å²) < 4.78 is 0. The van der Waals surface area contributed by atoms with E-state index in [9.17, 15) is 9.59 Å². The van der Waals surface area contributed by atoms with Gasteiger partial charge in [0.2, 0.25) is 11.6 Å². The summed E-state index contributed by atoms with van der Waals surface area (Å²) >= 11 is 10.8. The molecule has 0 unspecified atom stereocenters. The van der Waals surface area contributed by atoms with E-state index in [-0.39, 0.29) is 10.1 Å². The lowest BCUT2D eigenvalue weighted by atomic mass is 10.1. The average Bonchev–Trinajstić information content (AvgIpc) is 1.84. The minimum absolute atomic E-state index is 0.117. The highest BCUT2D eigenvalue weighted by Gasteiger charge is 2.16. The lowest BCUT2D eigenvalue weighted by molar-refractivity contribution is -0.131. The molecule has 0 amide bonds. The van der Waals surface area contributed by atoms with Gasteiger partial charge in [0, 0.05) is 12.2 Å². The second kappa shape index (κ2) is 2.56. The van der Waals surface area contributed by atoms with Crippen molar-refractivity contribution >= 4 is 34.8 Å². The van der Waals surface area contributed by atoms with E-state index >= 15 is 0 Å². The van der Waals surface area contributed by atoms with Gasteiger partial charge in [0.1, 0.15) is 0 Å². The minimum atomic E-state index is -0.630. The first-order valence-corrected chi connectivity index (χ1v) is 3.20. The molecule has 0 radical (unpaired) electrons. The molecule has 0 aromatic rings. The molecule has 0 aromatic heterocycles. The van der Waals surface area contributed by atoms with E-state index in [0.29, 0.717) is 0 Å². The number of carbonyl (C=O) groups excluding carboxylic acids is 2. The van der Waals surface area contributed by atoms with E-state index in [4.69, 9.17) is 23.2 Å². The maximum absolute atomic E-state index is 10.5. The molecule has 0 N–H and O–H groups in total. The maximum atomic E-state index is 10.5. The van der Waals surface area contributed by atoms with Gasteiger partial charge in [0.25, 0.3) is 0 Å². The molecule has 1 aliphatic carbocycles. The quantitative estimate of drug-likeness (QED) is 0.413. The molecule has 4 heteroatoms. The van der Waals surface area contributed by atoms with E-state index < -0.39 is 11.6 Å². The molecule has 0 heterocycles. The Labute approximate surface area is 67.1 Å². The van der Waals surface area contributed by atoms with E-state index in [0.717, 1.165) is 12.2 Å². The van der Waals surface area contributed by atoms with Crippen molar-refractivity contribution in [3.63, 3.8) is 0 Å². The van der Waals surface area contributed by atoms with Crippen molar-refractivity contribution in [2.75, 3.05) is 0 Å². The zero-order chi connectivity index (χ0) is 7.72. The van der Waals surface area contributed by atoms with Crippen molar-refractivity contribution in [2.45, 2.75) is 0 Å². The topological polar surface area (TPSA) is 34.1 Å². The first kappa shape index (κ1) is 7.51. The van der Waals surface area contributed by atoms with Crippen LogP contribution in [0.25, 0.3) is 0 Å². The van der Waals surface area contributed by atoms with Gasteiger partial charge in [-0.3, -0.25) is 9.59 Å². The van der Waals surface area contributed by atoms with Crippen molar-refractivity contribution in [2.24, 2.45) is 0 Å². The van der Waals surface area contributed by atoms with Crippen LogP contribution in [-0.2, 0) is 9.59 Å². The normalized spacial score (nSPS) is 18.6. The third-order valence-corrected chi connectivity index (χ3v) is 1.71. The summed E-state index contributed by atoms with van der Waals surface area (Å²) in [6, 6.07) is 0. The molecule has 0 fully saturated rings. The molecular weight excluding hydrogens is 175 g/mol. The number of rotatable bonds is 0. The number of ketones is 2.